The molecule has 0 heterocycles. The molecule has 0 aliphatic heterocycles. The van der Waals surface area contributed by atoms with E-state index in [1.165, 1.54) is 0 Å². The molecular weight excluding hydrogens is 292 g/mol. The van der Waals surface area contributed by atoms with E-state index in [0.29, 0.717) is 17.9 Å². The van der Waals surface area contributed by atoms with Crippen LogP contribution in [0.15, 0.2) is 18.2 Å². The van der Waals surface area contributed by atoms with Crippen LogP contribution in [-0.4, -0.2) is 29.6 Å². The Bertz CT molecular complexity index is 553. The summed E-state index contributed by atoms with van der Waals surface area (Å²) in [5.41, 5.74) is 2.06. The summed E-state index contributed by atoms with van der Waals surface area (Å²) in [6, 6.07) is 5.15. The molecule has 0 spiro atoms. The molecule has 2 amide bonds. The van der Waals surface area contributed by atoms with Gasteiger partial charge < -0.3 is 15.7 Å². The third kappa shape index (κ3) is 6.40. The number of aliphatic hydroxyl groups excluding tert-OH is 1. The fraction of sp³-hybridized carbons (Fsp3) is 0.556. The van der Waals surface area contributed by atoms with Crippen molar-refractivity contribution in [1.82, 2.24) is 5.32 Å². The zero-order valence-electron chi connectivity index (χ0n) is 14.6. The molecule has 1 rings (SSSR count). The standard InChI is InChI=1S/C18H28N2O3/c1-11(2)8-17(22)20-15-7-6-14(9-13(15)5)18(23)19-10-16(21)12(3)4/h6-7,9,11-12,16,21H,8,10H2,1-5H3,(H,19,23)(H,20,22). The van der Waals surface area contributed by atoms with E-state index in [1.807, 2.05) is 34.6 Å². The molecule has 0 aromatic heterocycles. The number of amides is 2. The molecule has 1 aromatic carbocycles. The molecule has 0 radical (unpaired) electrons. The number of hydrogen-bond donors (Lipinski definition) is 3. The molecule has 1 aromatic rings. The average molecular weight is 320 g/mol. The van der Waals surface area contributed by atoms with Gasteiger partial charge in [-0.25, -0.2) is 0 Å². The first-order valence-corrected chi connectivity index (χ1v) is 8.07. The summed E-state index contributed by atoms with van der Waals surface area (Å²) in [6.45, 7) is 9.86. The van der Waals surface area contributed by atoms with E-state index in [2.05, 4.69) is 10.6 Å². The minimum Gasteiger partial charge on any atom is -0.391 e. The number of aliphatic hydroxyl groups is 1. The number of benzene rings is 1. The first-order valence-electron chi connectivity index (χ1n) is 8.07. The highest BCUT2D eigenvalue weighted by molar-refractivity contribution is 5.96. The zero-order chi connectivity index (χ0) is 17.6. The Balaban J connectivity index is 2.68. The first kappa shape index (κ1) is 19.2. The summed E-state index contributed by atoms with van der Waals surface area (Å²) in [7, 11) is 0. The summed E-state index contributed by atoms with van der Waals surface area (Å²) >= 11 is 0. The summed E-state index contributed by atoms with van der Waals surface area (Å²) < 4.78 is 0. The normalized spacial score (nSPS) is 12.3. The molecule has 5 heteroatoms. The van der Waals surface area contributed by atoms with Gasteiger partial charge in [-0.1, -0.05) is 27.7 Å². The SMILES string of the molecule is Cc1cc(C(=O)NCC(O)C(C)C)ccc1NC(=O)CC(C)C. The van der Waals surface area contributed by atoms with Gasteiger partial charge in [-0.05, 0) is 42.5 Å². The summed E-state index contributed by atoms with van der Waals surface area (Å²) in [5.74, 6) is 0.136. The highest BCUT2D eigenvalue weighted by Crippen LogP contribution is 2.17. The lowest BCUT2D eigenvalue weighted by atomic mass is 10.1. The minimum atomic E-state index is -0.561. The van der Waals surface area contributed by atoms with Crippen molar-refractivity contribution in [2.75, 3.05) is 11.9 Å². The van der Waals surface area contributed by atoms with Gasteiger partial charge in [0.2, 0.25) is 5.91 Å². The van der Waals surface area contributed by atoms with Gasteiger partial charge in [0.1, 0.15) is 0 Å². The number of anilines is 1. The molecule has 1 unspecified atom stereocenters. The van der Waals surface area contributed by atoms with Crippen LogP contribution in [0.25, 0.3) is 0 Å². The molecule has 128 valence electrons. The van der Waals surface area contributed by atoms with E-state index in [0.717, 1.165) is 11.3 Å². The Kier molecular flexibility index (Phi) is 7.23. The number of aryl methyl sites for hydroxylation is 1. The van der Waals surface area contributed by atoms with Crippen molar-refractivity contribution in [2.24, 2.45) is 11.8 Å². The van der Waals surface area contributed by atoms with Crippen LogP contribution in [-0.2, 0) is 4.79 Å². The second kappa shape index (κ2) is 8.67. The maximum atomic E-state index is 12.1. The van der Waals surface area contributed by atoms with Gasteiger partial charge in [0.15, 0.2) is 0 Å². The third-order valence-corrected chi connectivity index (χ3v) is 3.60. The Hall–Kier alpha value is -1.88. The number of hydrogen-bond acceptors (Lipinski definition) is 3. The van der Waals surface area contributed by atoms with Crippen LogP contribution in [0.2, 0.25) is 0 Å². The lowest BCUT2D eigenvalue weighted by molar-refractivity contribution is -0.116. The Labute approximate surface area is 138 Å². The Morgan fingerprint density at radius 2 is 1.83 bits per heavy atom. The van der Waals surface area contributed by atoms with Gasteiger partial charge in [0, 0.05) is 24.2 Å². The molecule has 0 saturated heterocycles. The van der Waals surface area contributed by atoms with Crippen LogP contribution in [0.4, 0.5) is 5.69 Å². The van der Waals surface area contributed by atoms with Crippen LogP contribution in [0.5, 0.6) is 0 Å². The van der Waals surface area contributed by atoms with Crippen molar-refractivity contribution < 1.29 is 14.7 Å². The highest BCUT2D eigenvalue weighted by Gasteiger charge is 2.13. The van der Waals surface area contributed by atoms with Gasteiger partial charge in [0.05, 0.1) is 6.10 Å². The van der Waals surface area contributed by atoms with E-state index in [4.69, 9.17) is 0 Å². The lowest BCUT2D eigenvalue weighted by Gasteiger charge is -2.15. The van der Waals surface area contributed by atoms with Crippen LogP contribution >= 0.6 is 0 Å². The second-order valence-corrected chi connectivity index (χ2v) is 6.70. The quantitative estimate of drug-likeness (QED) is 0.723. The van der Waals surface area contributed by atoms with E-state index >= 15 is 0 Å². The molecular formula is C18H28N2O3. The van der Waals surface area contributed by atoms with Crippen molar-refractivity contribution in [2.45, 2.75) is 47.1 Å². The van der Waals surface area contributed by atoms with Crippen molar-refractivity contribution in [3.8, 4) is 0 Å². The summed E-state index contributed by atoms with van der Waals surface area (Å²) in [6.07, 6.45) is -0.0935. The fourth-order valence-electron chi connectivity index (χ4n) is 2.05. The minimum absolute atomic E-state index is 0.0274. The molecule has 0 bridgehead atoms. The smallest absolute Gasteiger partial charge is 0.251 e. The number of rotatable bonds is 7. The van der Waals surface area contributed by atoms with Crippen molar-refractivity contribution >= 4 is 17.5 Å². The predicted octanol–water partition coefficient (Wildman–Crippen LogP) is 2.73. The molecule has 23 heavy (non-hydrogen) atoms. The predicted molar refractivity (Wildman–Crippen MR) is 92.4 cm³/mol. The molecule has 0 saturated carbocycles. The highest BCUT2D eigenvalue weighted by atomic mass is 16.3. The van der Waals surface area contributed by atoms with Crippen molar-refractivity contribution in [3.05, 3.63) is 29.3 Å². The van der Waals surface area contributed by atoms with Gasteiger partial charge in [0.25, 0.3) is 5.91 Å². The maximum Gasteiger partial charge on any atom is 0.251 e. The fourth-order valence-corrected chi connectivity index (χ4v) is 2.05. The number of carbonyl (C=O) groups excluding carboxylic acids is 2. The van der Waals surface area contributed by atoms with E-state index in [-0.39, 0.29) is 24.3 Å². The molecule has 1 atom stereocenters. The largest absolute Gasteiger partial charge is 0.391 e. The second-order valence-electron chi connectivity index (χ2n) is 6.70. The number of carbonyl (C=O) groups is 2. The van der Waals surface area contributed by atoms with Crippen LogP contribution < -0.4 is 10.6 Å². The molecule has 0 fully saturated rings. The molecule has 0 aliphatic carbocycles. The Morgan fingerprint density at radius 3 is 2.35 bits per heavy atom. The van der Waals surface area contributed by atoms with Gasteiger partial charge in [-0.15, -0.1) is 0 Å². The van der Waals surface area contributed by atoms with Crippen LogP contribution in [0, 0.1) is 18.8 Å². The summed E-state index contributed by atoms with van der Waals surface area (Å²) in [5, 5.41) is 15.3. The van der Waals surface area contributed by atoms with Gasteiger partial charge in [-0.2, -0.15) is 0 Å². The van der Waals surface area contributed by atoms with Crippen molar-refractivity contribution in [1.29, 1.82) is 0 Å². The van der Waals surface area contributed by atoms with Gasteiger partial charge in [-0.3, -0.25) is 9.59 Å². The molecule has 0 aliphatic rings. The monoisotopic (exact) mass is 320 g/mol. The Morgan fingerprint density at radius 1 is 1.17 bits per heavy atom. The first-order chi connectivity index (χ1) is 10.7. The third-order valence-electron chi connectivity index (χ3n) is 3.60. The zero-order valence-corrected chi connectivity index (χ0v) is 14.6. The van der Waals surface area contributed by atoms with Crippen LogP contribution in [0.1, 0.15) is 50.0 Å². The molecule has 3 N–H and O–H groups in total. The topological polar surface area (TPSA) is 78.4 Å². The number of nitrogens with one attached hydrogen (secondary N) is 2. The van der Waals surface area contributed by atoms with E-state index in [1.54, 1.807) is 18.2 Å². The molecule has 5 nitrogen and oxygen atoms in total. The van der Waals surface area contributed by atoms with E-state index in [9.17, 15) is 14.7 Å². The van der Waals surface area contributed by atoms with Crippen LogP contribution in [0.3, 0.4) is 0 Å². The van der Waals surface area contributed by atoms with Gasteiger partial charge >= 0.3 is 0 Å². The van der Waals surface area contributed by atoms with E-state index < -0.39 is 6.10 Å². The average Bonchev–Trinajstić information content (AvgIpc) is 2.45. The maximum absolute atomic E-state index is 12.1. The summed E-state index contributed by atoms with van der Waals surface area (Å²) in [4.78, 5) is 23.9. The lowest BCUT2D eigenvalue weighted by Crippen LogP contribution is -2.34. The van der Waals surface area contributed by atoms with Crippen molar-refractivity contribution in [3.63, 3.8) is 0 Å².